The van der Waals surface area contributed by atoms with E-state index in [1.807, 2.05) is 31.2 Å². The van der Waals surface area contributed by atoms with E-state index in [1.54, 1.807) is 24.1 Å². The molecule has 0 saturated heterocycles. The lowest BCUT2D eigenvalue weighted by atomic mass is 10.1. The molecular weight excluding hydrogens is 316 g/mol. The van der Waals surface area contributed by atoms with Crippen molar-refractivity contribution in [2.45, 2.75) is 13.5 Å². The fraction of sp³-hybridized carbons (Fsp3) is 0.176. The Morgan fingerprint density at radius 1 is 1.24 bits per heavy atom. The predicted molar refractivity (Wildman–Crippen MR) is 95.2 cm³/mol. The summed E-state index contributed by atoms with van der Waals surface area (Å²) in [5, 5.41) is 13.5. The van der Waals surface area contributed by atoms with Gasteiger partial charge in [0.2, 0.25) is 5.65 Å². The summed E-state index contributed by atoms with van der Waals surface area (Å²) < 4.78 is 1.75. The van der Waals surface area contributed by atoms with Crippen LogP contribution < -0.4 is 5.43 Å². The Morgan fingerprint density at radius 2 is 2.16 bits per heavy atom. The summed E-state index contributed by atoms with van der Waals surface area (Å²) in [6.07, 6.45) is 3.44. The highest BCUT2D eigenvalue weighted by Crippen LogP contribution is 2.15. The molecule has 3 heterocycles. The molecule has 0 aliphatic rings. The van der Waals surface area contributed by atoms with E-state index in [9.17, 15) is 0 Å². The average Bonchev–Trinajstić information content (AvgIpc) is 3.04. The lowest BCUT2D eigenvalue weighted by molar-refractivity contribution is 0.664. The lowest BCUT2D eigenvalue weighted by Crippen LogP contribution is -2.08. The van der Waals surface area contributed by atoms with E-state index in [2.05, 4.69) is 41.9 Å². The number of hydrogen-bond acceptors (Lipinski definition) is 7. The van der Waals surface area contributed by atoms with Gasteiger partial charge in [-0.3, -0.25) is 4.98 Å². The third kappa shape index (κ3) is 2.89. The molecule has 0 aliphatic heterocycles. The lowest BCUT2D eigenvalue weighted by Gasteiger charge is -2.05. The van der Waals surface area contributed by atoms with Crippen LogP contribution in [0.25, 0.3) is 22.2 Å². The molecule has 0 unspecified atom stereocenters. The summed E-state index contributed by atoms with van der Waals surface area (Å²) in [6, 6.07) is 10.1. The second-order valence-corrected chi connectivity index (χ2v) is 5.60. The average molecular weight is 332 g/mol. The molecule has 0 amide bonds. The van der Waals surface area contributed by atoms with Crippen LogP contribution in [-0.4, -0.2) is 42.7 Å². The minimum atomic E-state index is 0.517. The van der Waals surface area contributed by atoms with Gasteiger partial charge in [-0.05, 0) is 30.7 Å². The van der Waals surface area contributed by atoms with E-state index in [4.69, 9.17) is 0 Å². The van der Waals surface area contributed by atoms with Crippen LogP contribution in [0, 0.1) is 0 Å². The fourth-order valence-corrected chi connectivity index (χ4v) is 2.66. The van der Waals surface area contributed by atoms with Crippen LogP contribution in [0.3, 0.4) is 0 Å². The molecule has 0 bridgehead atoms. The summed E-state index contributed by atoms with van der Waals surface area (Å²) in [6.45, 7) is 2.43. The monoisotopic (exact) mass is 332 g/mol. The molecule has 0 saturated carbocycles. The topological polar surface area (TPSA) is 93.8 Å². The Hall–Kier alpha value is -3.42. The molecule has 0 fully saturated rings. The van der Waals surface area contributed by atoms with Crippen molar-refractivity contribution in [2.24, 2.45) is 5.10 Å². The Morgan fingerprint density at radius 3 is 3.04 bits per heavy atom. The van der Waals surface area contributed by atoms with Crippen LogP contribution in [0.5, 0.6) is 0 Å². The molecule has 8 heteroatoms. The number of fused-ring (bicyclic) bond motifs is 2. The van der Waals surface area contributed by atoms with Crippen LogP contribution in [0.2, 0.25) is 0 Å². The number of hydrogen-bond donors (Lipinski definition) is 1. The summed E-state index contributed by atoms with van der Waals surface area (Å²) >= 11 is 0. The van der Waals surface area contributed by atoms with Crippen molar-refractivity contribution in [1.29, 1.82) is 0 Å². The fourth-order valence-electron chi connectivity index (χ4n) is 2.66. The van der Waals surface area contributed by atoms with Crippen molar-refractivity contribution in [1.82, 2.24) is 35.4 Å². The maximum absolute atomic E-state index is 4.60. The molecule has 8 nitrogen and oxygen atoms in total. The molecule has 4 rings (SSSR count). The first kappa shape index (κ1) is 15.1. The van der Waals surface area contributed by atoms with Crippen LogP contribution in [0.1, 0.15) is 18.2 Å². The first-order chi connectivity index (χ1) is 12.2. The third-order valence-corrected chi connectivity index (χ3v) is 3.88. The molecule has 3 aromatic heterocycles. The van der Waals surface area contributed by atoms with Gasteiger partial charge in [0.05, 0.1) is 24.0 Å². The zero-order valence-electron chi connectivity index (χ0n) is 13.9. The number of aromatic nitrogens is 6. The molecule has 0 radical (unpaired) electrons. The number of hydrazone groups is 1. The second-order valence-electron chi connectivity index (χ2n) is 5.60. The van der Waals surface area contributed by atoms with Crippen molar-refractivity contribution in [3.63, 3.8) is 0 Å². The number of nitrogens with one attached hydrogen (secondary N) is 1. The molecule has 1 aromatic carbocycles. The van der Waals surface area contributed by atoms with E-state index in [-0.39, 0.29) is 0 Å². The Kier molecular flexibility index (Phi) is 3.77. The van der Waals surface area contributed by atoms with Crippen LogP contribution in [-0.2, 0) is 6.54 Å². The van der Waals surface area contributed by atoms with Gasteiger partial charge in [0.1, 0.15) is 5.69 Å². The van der Waals surface area contributed by atoms with Crippen molar-refractivity contribution in [3.05, 3.63) is 54.0 Å². The number of nitrogens with zero attached hydrogens (tertiary/aromatic N) is 7. The quantitative estimate of drug-likeness (QED) is 0.452. The maximum Gasteiger partial charge on any atom is 0.221 e. The van der Waals surface area contributed by atoms with Gasteiger partial charge in [0.15, 0.2) is 5.65 Å². The SMILES string of the molecule is CN/N=C(\C)c1cnc2nnn(Cc3ccc4ncccc4c3)c2n1. The Labute approximate surface area is 143 Å². The first-order valence-corrected chi connectivity index (χ1v) is 7.86. The van der Waals surface area contributed by atoms with Crippen molar-refractivity contribution < 1.29 is 0 Å². The molecule has 4 aromatic rings. The normalized spacial score (nSPS) is 12.0. The Bertz CT molecular complexity index is 1080. The second kappa shape index (κ2) is 6.23. The number of rotatable bonds is 4. The number of benzene rings is 1. The highest BCUT2D eigenvalue weighted by molar-refractivity contribution is 5.97. The summed E-state index contributed by atoms with van der Waals surface area (Å²) in [5.74, 6) is 0. The standard InChI is InChI=1S/C17H16N8/c1-11(22-18-2)15-9-20-16-17(21-15)25(24-23-16)10-12-5-6-14-13(8-12)4-3-7-19-14/h3-9,18H,10H2,1-2H3/b22-11+. The van der Waals surface area contributed by atoms with E-state index in [0.717, 1.165) is 22.2 Å². The minimum absolute atomic E-state index is 0.517. The molecule has 0 spiro atoms. The third-order valence-electron chi connectivity index (χ3n) is 3.88. The largest absolute Gasteiger partial charge is 0.313 e. The van der Waals surface area contributed by atoms with Gasteiger partial charge < -0.3 is 5.43 Å². The van der Waals surface area contributed by atoms with Crippen molar-refractivity contribution in [2.75, 3.05) is 7.05 Å². The molecule has 25 heavy (non-hydrogen) atoms. The van der Waals surface area contributed by atoms with Crippen molar-refractivity contribution in [3.8, 4) is 0 Å². The summed E-state index contributed by atoms with van der Waals surface area (Å²) in [5.41, 5.74) is 7.41. The molecular formula is C17H16N8. The van der Waals surface area contributed by atoms with E-state index >= 15 is 0 Å². The van der Waals surface area contributed by atoms with Crippen LogP contribution in [0.4, 0.5) is 0 Å². The zero-order valence-corrected chi connectivity index (χ0v) is 13.9. The summed E-state index contributed by atoms with van der Waals surface area (Å²) in [7, 11) is 1.75. The van der Waals surface area contributed by atoms with Crippen molar-refractivity contribution >= 4 is 27.9 Å². The first-order valence-electron chi connectivity index (χ1n) is 7.86. The maximum atomic E-state index is 4.60. The minimum Gasteiger partial charge on any atom is -0.313 e. The van der Waals surface area contributed by atoms with Crippen LogP contribution in [0.15, 0.2) is 47.8 Å². The molecule has 1 N–H and O–H groups in total. The predicted octanol–water partition coefficient (Wildman–Crippen LogP) is 1.76. The zero-order chi connectivity index (χ0) is 17.2. The van der Waals surface area contributed by atoms with E-state index in [0.29, 0.717) is 23.5 Å². The van der Waals surface area contributed by atoms with E-state index < -0.39 is 0 Å². The van der Waals surface area contributed by atoms with Gasteiger partial charge in [-0.15, -0.1) is 5.10 Å². The molecule has 0 aliphatic carbocycles. The highest BCUT2D eigenvalue weighted by Gasteiger charge is 2.11. The Balaban J connectivity index is 1.72. The van der Waals surface area contributed by atoms with E-state index in [1.165, 1.54) is 0 Å². The summed E-state index contributed by atoms with van der Waals surface area (Å²) in [4.78, 5) is 13.3. The van der Waals surface area contributed by atoms with Gasteiger partial charge in [-0.2, -0.15) is 5.10 Å². The molecule has 0 atom stereocenters. The van der Waals surface area contributed by atoms with Gasteiger partial charge in [-0.1, -0.05) is 17.3 Å². The van der Waals surface area contributed by atoms with Gasteiger partial charge in [0.25, 0.3) is 0 Å². The number of pyridine rings is 1. The van der Waals surface area contributed by atoms with Crippen LogP contribution >= 0.6 is 0 Å². The van der Waals surface area contributed by atoms with Gasteiger partial charge >= 0.3 is 0 Å². The van der Waals surface area contributed by atoms with Gasteiger partial charge in [0, 0.05) is 18.6 Å². The smallest absolute Gasteiger partial charge is 0.221 e. The van der Waals surface area contributed by atoms with Gasteiger partial charge in [-0.25, -0.2) is 14.6 Å². The highest BCUT2D eigenvalue weighted by atomic mass is 15.5. The molecule has 124 valence electrons.